The van der Waals surface area contributed by atoms with Gasteiger partial charge in [-0.3, -0.25) is 9.36 Å². The molecule has 11 heteroatoms. The summed E-state index contributed by atoms with van der Waals surface area (Å²) in [6.07, 6.45) is 1.82. The Hall–Kier alpha value is -2.29. The third-order valence-corrected chi connectivity index (χ3v) is 6.48. The van der Waals surface area contributed by atoms with Crippen molar-refractivity contribution in [3.05, 3.63) is 91.6 Å². The molecule has 0 saturated heterocycles. The Balaban J connectivity index is 1.39. The van der Waals surface area contributed by atoms with Crippen molar-refractivity contribution in [1.29, 1.82) is 0 Å². The summed E-state index contributed by atoms with van der Waals surface area (Å²) in [6.45, 7) is 2.83. The van der Waals surface area contributed by atoms with Gasteiger partial charge in [-0.1, -0.05) is 58.5 Å². The smallest absolute Gasteiger partial charge is 0.177 e. The molecule has 2 heterocycles. The van der Waals surface area contributed by atoms with Gasteiger partial charge in [0.05, 0.1) is 13.1 Å². The molecule has 0 amide bonds. The molecule has 0 saturated carbocycles. The lowest BCUT2D eigenvalue weighted by Gasteiger charge is -2.09. The summed E-state index contributed by atoms with van der Waals surface area (Å²) in [6, 6.07) is 14.5. The van der Waals surface area contributed by atoms with Crippen LogP contribution < -0.4 is 10.6 Å². The van der Waals surface area contributed by atoms with Gasteiger partial charge in [-0.15, -0.1) is 0 Å². The van der Waals surface area contributed by atoms with E-state index in [1.165, 1.54) is 0 Å². The van der Waals surface area contributed by atoms with E-state index in [1.54, 1.807) is 39.7 Å². The molecule has 33 heavy (non-hydrogen) atoms. The van der Waals surface area contributed by atoms with Gasteiger partial charge in [0.25, 0.3) is 0 Å². The maximum Gasteiger partial charge on any atom is 0.177 e. The van der Waals surface area contributed by atoms with Crippen molar-refractivity contribution in [3.8, 4) is 0 Å². The van der Waals surface area contributed by atoms with Crippen molar-refractivity contribution < 1.29 is 0 Å². The first-order valence-corrected chi connectivity index (χ1v) is 11.7. The molecule has 0 aliphatic carbocycles. The predicted molar refractivity (Wildman–Crippen MR) is 140 cm³/mol. The summed E-state index contributed by atoms with van der Waals surface area (Å²) in [5, 5.41) is 17.9. The Morgan fingerprint density at radius 1 is 0.818 bits per heavy atom. The van der Waals surface area contributed by atoms with Crippen LogP contribution in [0.3, 0.4) is 0 Å². The molecule has 0 spiro atoms. The fourth-order valence-electron chi connectivity index (χ4n) is 3.19. The molecule has 0 aliphatic heterocycles. The Morgan fingerprint density at radius 2 is 1.36 bits per heavy atom. The van der Waals surface area contributed by atoms with Crippen molar-refractivity contribution in [2.24, 2.45) is 0 Å². The lowest BCUT2D eigenvalue weighted by molar-refractivity contribution is 0.668. The Bertz CT molecular complexity index is 1280. The van der Waals surface area contributed by atoms with Gasteiger partial charge < -0.3 is 10.6 Å². The molecule has 2 aromatic carbocycles. The average molecular weight is 540 g/mol. The lowest BCUT2D eigenvalue weighted by atomic mass is 10.2. The molecule has 0 atom stereocenters. The summed E-state index contributed by atoms with van der Waals surface area (Å²) in [5.41, 5.74) is 2.54. The van der Waals surface area contributed by atoms with Crippen LogP contribution in [0.4, 0.5) is 11.6 Å². The number of aryl methyl sites for hydroxylation is 1. The van der Waals surface area contributed by atoms with Crippen molar-refractivity contribution in [2.45, 2.75) is 20.0 Å². The predicted octanol–water partition coefficient (Wildman–Crippen LogP) is 6.91. The second-order valence-electron chi connectivity index (χ2n) is 7.21. The quantitative estimate of drug-likeness (QED) is 0.261. The SMILES string of the molecule is Cc1cc(NC(=S)Nc2ccn(Cc3c(Cl)cccc3Cl)n2)nn1Cc1c(Cl)cccc1Cl. The van der Waals surface area contributed by atoms with Crippen molar-refractivity contribution in [2.75, 3.05) is 10.6 Å². The highest BCUT2D eigenvalue weighted by Crippen LogP contribution is 2.26. The van der Waals surface area contributed by atoms with E-state index in [9.17, 15) is 0 Å². The number of rotatable bonds is 6. The summed E-state index contributed by atoms with van der Waals surface area (Å²) in [4.78, 5) is 0. The number of thiocarbonyl (C=S) groups is 1. The van der Waals surface area contributed by atoms with Crippen LogP contribution in [0.15, 0.2) is 54.7 Å². The molecule has 0 radical (unpaired) electrons. The maximum absolute atomic E-state index is 6.29. The van der Waals surface area contributed by atoms with Crippen LogP contribution in [0, 0.1) is 6.92 Å². The van der Waals surface area contributed by atoms with Crippen molar-refractivity contribution >= 4 is 75.4 Å². The topological polar surface area (TPSA) is 59.7 Å². The van der Waals surface area contributed by atoms with Gasteiger partial charge in [0.15, 0.2) is 16.7 Å². The average Bonchev–Trinajstić information content (AvgIpc) is 3.33. The summed E-state index contributed by atoms with van der Waals surface area (Å²) in [5.74, 6) is 1.17. The molecule has 0 bridgehead atoms. The van der Waals surface area contributed by atoms with Crippen LogP contribution in [-0.2, 0) is 13.1 Å². The fraction of sp³-hybridized carbons (Fsp3) is 0.136. The van der Waals surface area contributed by atoms with Gasteiger partial charge in [-0.05, 0) is 43.4 Å². The van der Waals surface area contributed by atoms with Crippen LogP contribution in [0.25, 0.3) is 0 Å². The molecule has 6 nitrogen and oxygen atoms in total. The molecule has 4 aromatic rings. The zero-order chi connectivity index (χ0) is 23.5. The maximum atomic E-state index is 6.29. The number of hydrogen-bond donors (Lipinski definition) is 2. The van der Waals surface area contributed by atoms with Crippen LogP contribution >= 0.6 is 58.6 Å². The molecule has 0 unspecified atom stereocenters. The van der Waals surface area contributed by atoms with Crippen LogP contribution in [0.5, 0.6) is 0 Å². The standard InChI is InChI=1S/C22H18Cl4N6S/c1-13-10-21(30-32(13)12-15-18(25)6-3-7-19(15)26)28-22(33)27-20-8-9-31(29-20)11-14-16(23)4-2-5-17(14)24/h2-10H,11-12H2,1H3,(H2,27,28,29,30,33). The van der Waals surface area contributed by atoms with E-state index in [-0.39, 0.29) is 0 Å². The molecule has 2 N–H and O–H groups in total. The summed E-state index contributed by atoms with van der Waals surface area (Å²) < 4.78 is 3.53. The van der Waals surface area contributed by atoms with Crippen molar-refractivity contribution in [1.82, 2.24) is 19.6 Å². The van der Waals surface area contributed by atoms with E-state index >= 15 is 0 Å². The molecule has 170 valence electrons. The van der Waals surface area contributed by atoms with Crippen LogP contribution in [0.1, 0.15) is 16.8 Å². The normalized spacial score (nSPS) is 10.9. The first-order chi connectivity index (χ1) is 15.8. The molecule has 0 fully saturated rings. The van der Waals surface area contributed by atoms with E-state index in [2.05, 4.69) is 20.8 Å². The number of nitrogens with one attached hydrogen (secondary N) is 2. The first kappa shape index (κ1) is 23.9. The van der Waals surface area contributed by atoms with Gasteiger partial charge in [0.1, 0.15) is 0 Å². The number of hydrogen-bond acceptors (Lipinski definition) is 3. The monoisotopic (exact) mass is 538 g/mol. The highest BCUT2D eigenvalue weighted by atomic mass is 35.5. The second-order valence-corrected chi connectivity index (χ2v) is 9.24. The highest BCUT2D eigenvalue weighted by molar-refractivity contribution is 7.80. The van der Waals surface area contributed by atoms with E-state index in [0.717, 1.165) is 16.8 Å². The van der Waals surface area contributed by atoms with Crippen molar-refractivity contribution in [3.63, 3.8) is 0 Å². The van der Waals surface area contributed by atoms with Gasteiger partial charge in [0.2, 0.25) is 0 Å². The minimum atomic E-state index is 0.358. The third-order valence-electron chi connectivity index (χ3n) is 4.86. The Labute approximate surface area is 216 Å². The lowest BCUT2D eigenvalue weighted by Crippen LogP contribution is -2.20. The van der Waals surface area contributed by atoms with Gasteiger partial charge in [-0.25, -0.2) is 0 Å². The van der Waals surface area contributed by atoms with E-state index < -0.39 is 0 Å². The van der Waals surface area contributed by atoms with Crippen LogP contribution in [0.2, 0.25) is 20.1 Å². The first-order valence-electron chi connectivity index (χ1n) is 9.82. The largest absolute Gasteiger partial charge is 0.316 e. The molecular weight excluding hydrogens is 522 g/mol. The van der Waals surface area contributed by atoms with Crippen LogP contribution in [-0.4, -0.2) is 24.7 Å². The number of benzene rings is 2. The fourth-order valence-corrected chi connectivity index (χ4v) is 4.43. The molecule has 0 aliphatic rings. The van der Waals surface area contributed by atoms with E-state index in [1.807, 2.05) is 31.3 Å². The third kappa shape index (κ3) is 5.80. The molecule has 2 aromatic heterocycles. The van der Waals surface area contributed by atoms with Gasteiger partial charge in [-0.2, -0.15) is 10.2 Å². The molecule has 4 rings (SSSR count). The zero-order valence-electron chi connectivity index (χ0n) is 17.3. The molecular formula is C22H18Cl4N6S. The minimum Gasteiger partial charge on any atom is -0.316 e. The number of anilines is 2. The zero-order valence-corrected chi connectivity index (χ0v) is 21.2. The van der Waals surface area contributed by atoms with E-state index in [0.29, 0.717) is 49.9 Å². The highest BCUT2D eigenvalue weighted by Gasteiger charge is 2.12. The summed E-state index contributed by atoms with van der Waals surface area (Å²) >= 11 is 30.5. The van der Waals surface area contributed by atoms with E-state index in [4.69, 9.17) is 58.6 Å². The Kier molecular flexibility index (Phi) is 7.46. The van der Waals surface area contributed by atoms with Gasteiger partial charge >= 0.3 is 0 Å². The second kappa shape index (κ2) is 10.3. The Morgan fingerprint density at radius 3 is 1.97 bits per heavy atom. The van der Waals surface area contributed by atoms with Gasteiger partial charge in [0, 0.05) is 55.2 Å². The summed E-state index contributed by atoms with van der Waals surface area (Å²) in [7, 11) is 0. The number of halogens is 4. The number of nitrogens with zero attached hydrogens (tertiary/aromatic N) is 4. The minimum absolute atomic E-state index is 0.358. The number of aromatic nitrogens is 4.